The van der Waals surface area contributed by atoms with Gasteiger partial charge in [0.05, 0.1) is 5.92 Å². The van der Waals surface area contributed by atoms with Crippen molar-refractivity contribution in [1.29, 1.82) is 0 Å². The maximum absolute atomic E-state index is 11.3. The topological polar surface area (TPSA) is 59.2 Å². The molecule has 2 unspecified atom stereocenters. The molecule has 0 bridgehead atoms. The first-order chi connectivity index (χ1) is 8.56. The van der Waals surface area contributed by atoms with Gasteiger partial charge in [-0.2, -0.15) is 0 Å². The van der Waals surface area contributed by atoms with Crippen molar-refractivity contribution in [3.63, 3.8) is 0 Å². The molecular formula is C13H18ClN3O. The van der Waals surface area contributed by atoms with E-state index in [1.807, 2.05) is 12.1 Å². The number of hydrogen-bond donors (Lipinski definition) is 1. The normalized spacial score (nSPS) is 25.0. The average molecular weight is 268 g/mol. The first kappa shape index (κ1) is 13.3. The Morgan fingerprint density at radius 1 is 1.61 bits per heavy atom. The van der Waals surface area contributed by atoms with Gasteiger partial charge in [0.2, 0.25) is 5.91 Å². The summed E-state index contributed by atoms with van der Waals surface area (Å²) in [6, 6.07) is 4.28. The third kappa shape index (κ3) is 3.21. The van der Waals surface area contributed by atoms with Crippen molar-refractivity contribution >= 4 is 17.5 Å². The van der Waals surface area contributed by atoms with Crippen LogP contribution in [0.4, 0.5) is 0 Å². The van der Waals surface area contributed by atoms with Crippen molar-refractivity contribution in [2.75, 3.05) is 6.54 Å². The fourth-order valence-corrected chi connectivity index (χ4v) is 2.60. The number of aromatic nitrogens is 1. The lowest BCUT2D eigenvalue weighted by atomic mass is 9.92. The highest BCUT2D eigenvalue weighted by Gasteiger charge is 2.28. The van der Waals surface area contributed by atoms with Crippen LogP contribution in [0.15, 0.2) is 18.3 Å². The summed E-state index contributed by atoms with van der Waals surface area (Å²) in [6.45, 7) is 3.70. The van der Waals surface area contributed by atoms with Crippen LogP contribution in [0.1, 0.15) is 25.3 Å². The molecule has 2 N–H and O–H groups in total. The van der Waals surface area contributed by atoms with Gasteiger partial charge >= 0.3 is 0 Å². The third-order valence-corrected chi connectivity index (χ3v) is 3.80. The second kappa shape index (κ2) is 5.67. The monoisotopic (exact) mass is 267 g/mol. The van der Waals surface area contributed by atoms with Crippen molar-refractivity contribution in [3.8, 4) is 0 Å². The molecule has 0 radical (unpaired) electrons. The molecule has 2 heterocycles. The van der Waals surface area contributed by atoms with Crippen molar-refractivity contribution in [2.45, 2.75) is 32.4 Å². The maximum atomic E-state index is 11.3. The van der Waals surface area contributed by atoms with Gasteiger partial charge in [-0.05, 0) is 37.5 Å². The summed E-state index contributed by atoms with van der Waals surface area (Å²) < 4.78 is 0. The molecule has 1 aliphatic heterocycles. The molecule has 1 saturated heterocycles. The van der Waals surface area contributed by atoms with E-state index in [1.54, 1.807) is 6.20 Å². The number of likely N-dealkylation sites (tertiary alicyclic amines) is 1. The minimum Gasteiger partial charge on any atom is -0.369 e. The molecule has 18 heavy (non-hydrogen) atoms. The maximum Gasteiger partial charge on any atom is 0.221 e. The molecule has 1 fully saturated rings. The number of piperidine rings is 1. The molecule has 5 heteroatoms. The largest absolute Gasteiger partial charge is 0.369 e. The van der Waals surface area contributed by atoms with Gasteiger partial charge in [-0.3, -0.25) is 9.69 Å². The minimum atomic E-state index is -0.195. The number of carbonyl (C=O) groups is 1. The van der Waals surface area contributed by atoms with Gasteiger partial charge in [0, 0.05) is 25.3 Å². The summed E-state index contributed by atoms with van der Waals surface area (Å²) in [4.78, 5) is 17.5. The Kier molecular flexibility index (Phi) is 4.19. The van der Waals surface area contributed by atoms with E-state index in [2.05, 4.69) is 16.8 Å². The van der Waals surface area contributed by atoms with Gasteiger partial charge < -0.3 is 5.73 Å². The lowest BCUT2D eigenvalue weighted by molar-refractivity contribution is -0.124. The zero-order valence-electron chi connectivity index (χ0n) is 10.5. The first-order valence-corrected chi connectivity index (χ1v) is 6.58. The predicted molar refractivity (Wildman–Crippen MR) is 71.0 cm³/mol. The minimum absolute atomic E-state index is 0.0292. The van der Waals surface area contributed by atoms with E-state index >= 15 is 0 Å². The lowest BCUT2D eigenvalue weighted by Crippen LogP contribution is -2.45. The molecule has 4 nitrogen and oxygen atoms in total. The fraction of sp³-hybridized carbons (Fsp3) is 0.538. The van der Waals surface area contributed by atoms with Crippen molar-refractivity contribution in [3.05, 3.63) is 29.0 Å². The van der Waals surface area contributed by atoms with Gasteiger partial charge in [0.15, 0.2) is 0 Å². The molecule has 2 atom stereocenters. The molecule has 2 rings (SSSR count). The van der Waals surface area contributed by atoms with Crippen LogP contribution in [-0.2, 0) is 11.3 Å². The highest BCUT2D eigenvalue weighted by molar-refractivity contribution is 6.29. The van der Waals surface area contributed by atoms with Gasteiger partial charge in [0.25, 0.3) is 0 Å². The summed E-state index contributed by atoms with van der Waals surface area (Å²) in [7, 11) is 0. The van der Waals surface area contributed by atoms with Crippen molar-refractivity contribution < 1.29 is 4.79 Å². The number of halogens is 1. The van der Waals surface area contributed by atoms with Crippen LogP contribution >= 0.6 is 11.6 Å². The van der Waals surface area contributed by atoms with Gasteiger partial charge in [0.1, 0.15) is 5.15 Å². The van der Waals surface area contributed by atoms with Gasteiger partial charge in [-0.15, -0.1) is 0 Å². The van der Waals surface area contributed by atoms with E-state index in [9.17, 15) is 4.79 Å². The van der Waals surface area contributed by atoms with E-state index in [1.165, 1.54) is 0 Å². The number of pyridine rings is 1. The number of primary amides is 1. The van der Waals surface area contributed by atoms with E-state index in [0.29, 0.717) is 11.2 Å². The number of rotatable bonds is 3. The van der Waals surface area contributed by atoms with Gasteiger partial charge in [-0.25, -0.2) is 4.98 Å². The molecule has 0 aromatic carbocycles. The lowest BCUT2D eigenvalue weighted by Gasteiger charge is -2.36. The molecule has 98 valence electrons. The molecule has 1 aliphatic rings. The highest BCUT2D eigenvalue weighted by atomic mass is 35.5. The Labute approximate surface area is 112 Å². The Morgan fingerprint density at radius 2 is 2.39 bits per heavy atom. The fourth-order valence-electron chi connectivity index (χ4n) is 2.41. The zero-order valence-corrected chi connectivity index (χ0v) is 11.2. The Hall–Kier alpha value is -1.13. The zero-order chi connectivity index (χ0) is 13.1. The molecule has 1 amide bonds. The van der Waals surface area contributed by atoms with E-state index in [-0.39, 0.29) is 11.8 Å². The van der Waals surface area contributed by atoms with Crippen molar-refractivity contribution in [2.24, 2.45) is 11.7 Å². The number of hydrogen-bond acceptors (Lipinski definition) is 3. The predicted octanol–water partition coefficient (Wildman–Crippen LogP) is 1.82. The summed E-state index contributed by atoms with van der Waals surface area (Å²) in [5.74, 6) is -0.224. The average Bonchev–Trinajstić information content (AvgIpc) is 2.31. The summed E-state index contributed by atoms with van der Waals surface area (Å²) in [6.07, 6.45) is 3.61. The smallest absolute Gasteiger partial charge is 0.221 e. The van der Waals surface area contributed by atoms with Crippen LogP contribution in [0.5, 0.6) is 0 Å². The molecule has 0 saturated carbocycles. The molecule has 1 aromatic rings. The summed E-state index contributed by atoms with van der Waals surface area (Å²) in [5.41, 5.74) is 6.51. The molecule has 1 aromatic heterocycles. The summed E-state index contributed by atoms with van der Waals surface area (Å²) in [5, 5.41) is 0.503. The quantitative estimate of drug-likeness (QED) is 0.850. The van der Waals surface area contributed by atoms with Crippen LogP contribution in [-0.4, -0.2) is 28.4 Å². The first-order valence-electron chi connectivity index (χ1n) is 6.20. The SMILES string of the molecule is CC1CCC(C(N)=O)CN1Cc1ccnc(Cl)c1. The number of carbonyl (C=O) groups excluding carboxylic acids is 1. The molecular weight excluding hydrogens is 250 g/mol. The second-order valence-electron chi connectivity index (χ2n) is 4.94. The highest BCUT2D eigenvalue weighted by Crippen LogP contribution is 2.23. The number of amides is 1. The van der Waals surface area contributed by atoms with Gasteiger partial charge in [-0.1, -0.05) is 11.6 Å². The standard InChI is InChI=1S/C13H18ClN3O/c1-9-2-3-11(13(15)18)8-17(9)7-10-4-5-16-12(14)6-10/h4-6,9,11H,2-3,7-8H2,1H3,(H2,15,18). The van der Waals surface area contributed by atoms with E-state index in [4.69, 9.17) is 17.3 Å². The Balaban J connectivity index is 2.04. The molecule has 0 aliphatic carbocycles. The number of nitrogens with two attached hydrogens (primary N) is 1. The summed E-state index contributed by atoms with van der Waals surface area (Å²) >= 11 is 5.87. The van der Waals surface area contributed by atoms with E-state index < -0.39 is 0 Å². The van der Waals surface area contributed by atoms with Crippen LogP contribution in [0.2, 0.25) is 5.15 Å². The third-order valence-electron chi connectivity index (χ3n) is 3.59. The van der Waals surface area contributed by atoms with Crippen LogP contribution in [0.3, 0.4) is 0 Å². The van der Waals surface area contributed by atoms with Crippen molar-refractivity contribution in [1.82, 2.24) is 9.88 Å². The van der Waals surface area contributed by atoms with Crippen LogP contribution in [0, 0.1) is 5.92 Å². The second-order valence-corrected chi connectivity index (χ2v) is 5.33. The van der Waals surface area contributed by atoms with E-state index in [0.717, 1.165) is 31.5 Å². The van der Waals surface area contributed by atoms with Crippen LogP contribution < -0.4 is 5.73 Å². The Bertz CT molecular complexity index is 438. The Morgan fingerprint density at radius 3 is 3.06 bits per heavy atom. The van der Waals surface area contributed by atoms with Crippen LogP contribution in [0.25, 0.3) is 0 Å². The molecule has 0 spiro atoms. The number of nitrogens with zero attached hydrogens (tertiary/aromatic N) is 2.